The van der Waals surface area contributed by atoms with Crippen LogP contribution < -0.4 is 15.1 Å². The van der Waals surface area contributed by atoms with Crippen molar-refractivity contribution in [1.29, 1.82) is 0 Å². The lowest BCUT2D eigenvalue weighted by atomic mass is 10.2. The molecule has 3 heterocycles. The molecule has 1 saturated heterocycles. The monoisotopic (exact) mass is 514 g/mol. The number of aromatic nitrogens is 2. The van der Waals surface area contributed by atoms with Gasteiger partial charge in [0, 0.05) is 24.5 Å². The van der Waals surface area contributed by atoms with Crippen molar-refractivity contribution in [3.8, 4) is 5.75 Å². The average Bonchev–Trinajstić information content (AvgIpc) is 3.61. The van der Waals surface area contributed by atoms with E-state index in [4.69, 9.17) is 4.74 Å². The van der Waals surface area contributed by atoms with Crippen molar-refractivity contribution in [2.45, 2.75) is 32.7 Å². The largest absolute Gasteiger partial charge is 0.573 e. The predicted octanol–water partition coefficient (Wildman–Crippen LogP) is 4.80. The van der Waals surface area contributed by atoms with Crippen LogP contribution >= 0.6 is 0 Å². The van der Waals surface area contributed by atoms with Crippen molar-refractivity contribution >= 4 is 17.3 Å². The summed E-state index contributed by atoms with van der Waals surface area (Å²) in [6.07, 6.45) is -2.14. The Hall–Kier alpha value is -3.73. The summed E-state index contributed by atoms with van der Waals surface area (Å²) in [5.41, 5.74) is 4.35. The molecule has 0 bridgehead atoms. The molecule has 37 heavy (non-hydrogen) atoms. The SMILES string of the molecule is Cc1cc(C2=NN(c3ccc(OC(F)(F)F)cc3)CO2)nn1Cc1cccc(NCCN2CCCC2)c1. The third kappa shape index (κ3) is 6.53. The van der Waals surface area contributed by atoms with Crippen LogP contribution in [0.15, 0.2) is 59.7 Å². The molecule has 0 radical (unpaired) electrons. The standard InChI is InChI=1S/C26H29F3N6O2/c1-19-15-24(25-32-35(18-36-25)22-7-9-23(10-8-22)37-26(27,28)29)31-34(19)17-20-5-4-6-21(16-20)30-11-14-33-12-2-3-13-33/h4-10,15-16,30H,2-3,11-14,17-18H2,1H3. The smallest absolute Gasteiger partial charge is 0.452 e. The van der Waals surface area contributed by atoms with Crippen molar-refractivity contribution in [2.75, 3.05) is 43.2 Å². The molecule has 1 fully saturated rings. The fourth-order valence-corrected chi connectivity index (χ4v) is 4.46. The minimum Gasteiger partial charge on any atom is -0.452 e. The first-order chi connectivity index (χ1) is 17.8. The van der Waals surface area contributed by atoms with E-state index >= 15 is 0 Å². The first-order valence-corrected chi connectivity index (χ1v) is 12.3. The second-order valence-corrected chi connectivity index (χ2v) is 9.12. The van der Waals surface area contributed by atoms with Gasteiger partial charge in [-0.2, -0.15) is 5.10 Å². The minimum atomic E-state index is -4.73. The number of rotatable bonds is 9. The summed E-state index contributed by atoms with van der Waals surface area (Å²) in [5, 5.41) is 14.2. The number of halogens is 3. The lowest BCUT2D eigenvalue weighted by Gasteiger charge is -2.15. The van der Waals surface area contributed by atoms with Crippen molar-refractivity contribution in [1.82, 2.24) is 14.7 Å². The van der Waals surface area contributed by atoms with E-state index in [-0.39, 0.29) is 12.5 Å². The van der Waals surface area contributed by atoms with Gasteiger partial charge in [-0.15, -0.1) is 18.3 Å². The summed E-state index contributed by atoms with van der Waals surface area (Å²) < 4.78 is 48.7. The Morgan fingerprint density at radius 3 is 2.59 bits per heavy atom. The molecule has 2 aliphatic rings. The molecule has 196 valence electrons. The Labute approximate surface area is 213 Å². The van der Waals surface area contributed by atoms with Crippen LogP contribution in [0.25, 0.3) is 0 Å². The molecule has 3 aromatic rings. The molecule has 0 amide bonds. The molecule has 2 aromatic carbocycles. The molecule has 0 spiro atoms. The molecule has 0 atom stereocenters. The van der Waals surface area contributed by atoms with Crippen LogP contribution in [0.1, 0.15) is 29.8 Å². The fourth-order valence-electron chi connectivity index (χ4n) is 4.46. The van der Waals surface area contributed by atoms with Gasteiger partial charge in [-0.05, 0) is 80.9 Å². The van der Waals surface area contributed by atoms with Crippen molar-refractivity contribution < 1.29 is 22.6 Å². The van der Waals surface area contributed by atoms with Gasteiger partial charge in [-0.25, -0.2) is 5.01 Å². The highest BCUT2D eigenvalue weighted by Gasteiger charge is 2.31. The zero-order valence-corrected chi connectivity index (χ0v) is 20.5. The molecule has 0 saturated carbocycles. The number of nitrogens with zero attached hydrogens (tertiary/aromatic N) is 5. The highest BCUT2D eigenvalue weighted by atomic mass is 19.4. The molecule has 1 aromatic heterocycles. The molecule has 2 aliphatic heterocycles. The van der Waals surface area contributed by atoms with E-state index in [1.807, 2.05) is 23.7 Å². The van der Waals surface area contributed by atoms with Crippen LogP contribution in [0, 0.1) is 6.92 Å². The highest BCUT2D eigenvalue weighted by molar-refractivity contribution is 5.94. The van der Waals surface area contributed by atoms with Gasteiger partial charge in [-0.1, -0.05) is 12.1 Å². The van der Waals surface area contributed by atoms with Gasteiger partial charge in [0.15, 0.2) is 6.73 Å². The van der Waals surface area contributed by atoms with Crippen molar-refractivity contribution in [2.24, 2.45) is 5.10 Å². The van der Waals surface area contributed by atoms with Crippen LogP contribution in [0.2, 0.25) is 0 Å². The van der Waals surface area contributed by atoms with Gasteiger partial charge in [-0.3, -0.25) is 4.68 Å². The van der Waals surface area contributed by atoms with Crippen LogP contribution in [-0.2, 0) is 11.3 Å². The first-order valence-electron chi connectivity index (χ1n) is 12.3. The van der Waals surface area contributed by atoms with Gasteiger partial charge in [0.05, 0.1) is 12.2 Å². The topological polar surface area (TPSA) is 67.2 Å². The van der Waals surface area contributed by atoms with E-state index in [0.717, 1.165) is 30.0 Å². The maximum Gasteiger partial charge on any atom is 0.573 e. The van der Waals surface area contributed by atoms with Gasteiger partial charge in [0.25, 0.3) is 5.90 Å². The summed E-state index contributed by atoms with van der Waals surface area (Å²) in [4.78, 5) is 2.48. The second-order valence-electron chi connectivity index (χ2n) is 9.12. The maximum atomic E-state index is 12.4. The number of nitrogens with one attached hydrogen (secondary N) is 1. The predicted molar refractivity (Wildman–Crippen MR) is 135 cm³/mol. The highest BCUT2D eigenvalue weighted by Crippen LogP contribution is 2.27. The van der Waals surface area contributed by atoms with Crippen LogP contribution in [0.3, 0.4) is 0 Å². The number of ether oxygens (including phenoxy) is 2. The number of likely N-dealkylation sites (tertiary alicyclic amines) is 1. The quantitative estimate of drug-likeness (QED) is 0.443. The molecule has 5 rings (SSSR count). The fraction of sp³-hybridized carbons (Fsp3) is 0.385. The third-order valence-corrected chi connectivity index (χ3v) is 6.32. The molecule has 11 heteroatoms. The number of hydrogen-bond donors (Lipinski definition) is 1. The number of aryl methyl sites for hydroxylation is 1. The summed E-state index contributed by atoms with van der Waals surface area (Å²) in [5.74, 6) is 0.0654. The van der Waals surface area contributed by atoms with Gasteiger partial charge < -0.3 is 19.7 Å². The van der Waals surface area contributed by atoms with E-state index in [9.17, 15) is 13.2 Å². The van der Waals surface area contributed by atoms with E-state index in [0.29, 0.717) is 23.8 Å². The average molecular weight is 515 g/mol. The van der Waals surface area contributed by atoms with Crippen LogP contribution in [0.5, 0.6) is 5.75 Å². The maximum absolute atomic E-state index is 12.4. The number of hydrogen-bond acceptors (Lipinski definition) is 7. The normalized spacial score (nSPS) is 16.1. The molecule has 0 unspecified atom stereocenters. The Balaban J connectivity index is 1.21. The summed E-state index contributed by atoms with van der Waals surface area (Å²) in [6, 6.07) is 15.7. The zero-order valence-electron chi connectivity index (χ0n) is 20.5. The number of benzene rings is 2. The number of anilines is 2. The molecule has 1 N–H and O–H groups in total. The Morgan fingerprint density at radius 2 is 1.84 bits per heavy atom. The zero-order chi connectivity index (χ0) is 25.8. The minimum absolute atomic E-state index is 0.131. The van der Waals surface area contributed by atoms with Crippen molar-refractivity contribution in [3.05, 3.63) is 71.5 Å². The molecular weight excluding hydrogens is 485 g/mol. The lowest BCUT2D eigenvalue weighted by molar-refractivity contribution is -0.274. The van der Waals surface area contributed by atoms with E-state index < -0.39 is 6.36 Å². The molecule has 8 nitrogen and oxygen atoms in total. The van der Waals surface area contributed by atoms with E-state index in [1.54, 1.807) is 5.01 Å². The van der Waals surface area contributed by atoms with Crippen molar-refractivity contribution in [3.63, 3.8) is 0 Å². The Morgan fingerprint density at radius 1 is 1.05 bits per heavy atom. The van der Waals surface area contributed by atoms with Gasteiger partial charge in [0.2, 0.25) is 0 Å². The van der Waals surface area contributed by atoms with Gasteiger partial charge >= 0.3 is 6.36 Å². The van der Waals surface area contributed by atoms with E-state index in [1.165, 1.54) is 50.2 Å². The van der Waals surface area contributed by atoms with Gasteiger partial charge in [0.1, 0.15) is 11.4 Å². The van der Waals surface area contributed by atoms with Crippen LogP contribution in [-0.4, -0.2) is 59.9 Å². The number of hydrazone groups is 1. The Kier molecular flexibility index (Phi) is 7.22. The third-order valence-electron chi connectivity index (χ3n) is 6.32. The lowest BCUT2D eigenvalue weighted by Crippen LogP contribution is -2.25. The second kappa shape index (κ2) is 10.7. The molecule has 0 aliphatic carbocycles. The van der Waals surface area contributed by atoms with E-state index in [2.05, 4.69) is 43.4 Å². The summed E-state index contributed by atoms with van der Waals surface area (Å²) in [6.45, 7) is 7.06. The number of alkyl halides is 3. The van der Waals surface area contributed by atoms with Crippen LogP contribution in [0.4, 0.5) is 24.5 Å². The first kappa shape index (κ1) is 24.9. The Bertz CT molecular complexity index is 1240. The summed E-state index contributed by atoms with van der Waals surface area (Å²) >= 11 is 0. The summed E-state index contributed by atoms with van der Waals surface area (Å²) in [7, 11) is 0. The molecular formula is C26H29F3N6O2.